The van der Waals surface area contributed by atoms with E-state index in [9.17, 15) is 14.4 Å². The molecule has 1 aliphatic heterocycles. The highest BCUT2D eigenvalue weighted by molar-refractivity contribution is 6.65. The largest absolute Gasteiger partial charge is 0.452 e. The monoisotopic (exact) mass is 205 g/mol. The zero-order valence-corrected chi connectivity index (χ0v) is 7.71. The van der Waals surface area contributed by atoms with Crippen molar-refractivity contribution in [2.75, 3.05) is 7.11 Å². The Bertz CT molecular complexity index is 265. The predicted octanol–water partition coefficient (Wildman–Crippen LogP) is 0.509. The van der Waals surface area contributed by atoms with Gasteiger partial charge >= 0.3 is 6.09 Å². The molecule has 1 saturated heterocycles. The van der Waals surface area contributed by atoms with Crippen LogP contribution in [0.1, 0.15) is 12.8 Å². The van der Waals surface area contributed by atoms with Gasteiger partial charge in [-0.2, -0.15) is 0 Å². The Morgan fingerprint density at radius 1 is 1.62 bits per heavy atom. The molecule has 0 bridgehead atoms. The quantitative estimate of drug-likeness (QED) is 0.585. The van der Waals surface area contributed by atoms with E-state index in [1.807, 2.05) is 0 Å². The SMILES string of the molecule is COC(=O)N1C(=O)CCC1C(=O)Cl. The molecule has 1 heterocycles. The summed E-state index contributed by atoms with van der Waals surface area (Å²) in [4.78, 5) is 33.7. The van der Waals surface area contributed by atoms with E-state index in [0.717, 1.165) is 12.0 Å². The van der Waals surface area contributed by atoms with Crippen molar-refractivity contribution in [1.82, 2.24) is 4.90 Å². The topological polar surface area (TPSA) is 63.7 Å². The summed E-state index contributed by atoms with van der Waals surface area (Å²) in [6.07, 6.45) is -0.407. The molecule has 0 spiro atoms. The molecule has 1 unspecified atom stereocenters. The molecule has 2 amide bonds. The van der Waals surface area contributed by atoms with Crippen LogP contribution >= 0.6 is 11.6 Å². The number of amides is 2. The Morgan fingerprint density at radius 3 is 2.69 bits per heavy atom. The number of nitrogens with zero attached hydrogens (tertiary/aromatic N) is 1. The minimum absolute atomic E-state index is 0.151. The summed E-state index contributed by atoms with van der Waals surface area (Å²) in [5, 5.41) is -0.712. The molecule has 0 aromatic heterocycles. The normalized spacial score (nSPS) is 21.8. The molecule has 6 heteroatoms. The molecule has 0 aliphatic carbocycles. The van der Waals surface area contributed by atoms with E-state index in [1.54, 1.807) is 0 Å². The number of carbonyl (C=O) groups is 3. The van der Waals surface area contributed by atoms with Gasteiger partial charge in [-0.25, -0.2) is 9.69 Å². The van der Waals surface area contributed by atoms with Crippen LogP contribution in [-0.2, 0) is 14.3 Å². The number of likely N-dealkylation sites (tertiary alicyclic amines) is 1. The predicted molar refractivity (Wildman–Crippen MR) is 43.1 cm³/mol. The van der Waals surface area contributed by atoms with Crippen molar-refractivity contribution >= 4 is 28.8 Å². The van der Waals surface area contributed by atoms with Crippen LogP contribution in [0, 0.1) is 0 Å². The molecule has 0 saturated carbocycles. The number of ether oxygens (including phenoxy) is 1. The van der Waals surface area contributed by atoms with Gasteiger partial charge in [0, 0.05) is 6.42 Å². The minimum Gasteiger partial charge on any atom is -0.452 e. The average Bonchev–Trinajstić information content (AvgIpc) is 2.46. The maximum atomic E-state index is 11.1. The van der Waals surface area contributed by atoms with Gasteiger partial charge in [0.2, 0.25) is 11.1 Å². The van der Waals surface area contributed by atoms with E-state index >= 15 is 0 Å². The molecular formula is C7H8ClNO4. The smallest absolute Gasteiger partial charge is 0.416 e. The van der Waals surface area contributed by atoms with Gasteiger partial charge < -0.3 is 4.74 Å². The third-order valence-corrected chi connectivity index (χ3v) is 2.10. The van der Waals surface area contributed by atoms with E-state index < -0.39 is 23.3 Å². The van der Waals surface area contributed by atoms with Crippen LogP contribution in [0.3, 0.4) is 0 Å². The first kappa shape index (κ1) is 9.98. The van der Waals surface area contributed by atoms with Crippen molar-refractivity contribution in [3.05, 3.63) is 0 Å². The van der Waals surface area contributed by atoms with E-state index in [4.69, 9.17) is 11.6 Å². The number of halogens is 1. The summed E-state index contributed by atoms with van der Waals surface area (Å²) >= 11 is 5.20. The van der Waals surface area contributed by atoms with Crippen molar-refractivity contribution in [2.45, 2.75) is 18.9 Å². The van der Waals surface area contributed by atoms with Crippen molar-refractivity contribution in [1.29, 1.82) is 0 Å². The molecule has 1 aliphatic rings. The molecular weight excluding hydrogens is 198 g/mol. The molecule has 72 valence electrons. The number of hydrogen-bond acceptors (Lipinski definition) is 4. The Balaban J connectivity index is 2.83. The summed E-state index contributed by atoms with van der Waals surface area (Å²) in [7, 11) is 1.14. The standard InChI is InChI=1S/C7H8ClNO4/c1-13-7(12)9-4(6(8)11)2-3-5(9)10/h4H,2-3H2,1H3. The molecule has 1 atom stereocenters. The van der Waals surface area contributed by atoms with Crippen LogP contribution in [-0.4, -0.2) is 35.3 Å². The lowest BCUT2D eigenvalue weighted by Crippen LogP contribution is -2.41. The summed E-state index contributed by atoms with van der Waals surface area (Å²) in [6, 6.07) is -0.860. The number of imide groups is 1. The Morgan fingerprint density at radius 2 is 2.23 bits per heavy atom. The van der Waals surface area contributed by atoms with Crippen molar-refractivity contribution in [2.24, 2.45) is 0 Å². The summed E-state index contributed by atoms with van der Waals surface area (Å²) in [6.45, 7) is 0. The zero-order valence-electron chi connectivity index (χ0n) is 6.95. The van der Waals surface area contributed by atoms with Crippen LogP contribution in [0.4, 0.5) is 4.79 Å². The van der Waals surface area contributed by atoms with Gasteiger partial charge in [0.25, 0.3) is 0 Å². The van der Waals surface area contributed by atoms with Gasteiger partial charge in [-0.3, -0.25) is 9.59 Å². The maximum absolute atomic E-state index is 11.1. The number of carbonyl (C=O) groups excluding carboxylic acids is 3. The van der Waals surface area contributed by atoms with Crippen LogP contribution in [0.2, 0.25) is 0 Å². The maximum Gasteiger partial charge on any atom is 0.416 e. The lowest BCUT2D eigenvalue weighted by atomic mass is 10.2. The van der Waals surface area contributed by atoms with Gasteiger partial charge in [-0.15, -0.1) is 0 Å². The van der Waals surface area contributed by atoms with E-state index in [0.29, 0.717) is 0 Å². The van der Waals surface area contributed by atoms with Crippen LogP contribution in [0.5, 0.6) is 0 Å². The van der Waals surface area contributed by atoms with Crippen molar-refractivity contribution in [3.8, 4) is 0 Å². The van der Waals surface area contributed by atoms with Gasteiger partial charge in [-0.05, 0) is 18.0 Å². The Kier molecular flexibility index (Phi) is 2.87. The first-order valence-electron chi connectivity index (χ1n) is 3.67. The van der Waals surface area contributed by atoms with Gasteiger partial charge in [0.1, 0.15) is 6.04 Å². The van der Waals surface area contributed by atoms with Crippen molar-refractivity contribution in [3.63, 3.8) is 0 Å². The van der Waals surface area contributed by atoms with Gasteiger partial charge in [0.15, 0.2) is 0 Å². The molecule has 1 rings (SSSR count). The fraction of sp³-hybridized carbons (Fsp3) is 0.571. The van der Waals surface area contributed by atoms with E-state index in [2.05, 4.69) is 4.74 Å². The third-order valence-electron chi connectivity index (χ3n) is 1.85. The first-order chi connectivity index (χ1) is 6.07. The van der Waals surface area contributed by atoms with E-state index in [-0.39, 0.29) is 12.8 Å². The fourth-order valence-corrected chi connectivity index (χ4v) is 1.43. The molecule has 0 radical (unpaired) electrons. The highest BCUT2D eigenvalue weighted by atomic mass is 35.5. The summed E-state index contributed by atoms with van der Waals surface area (Å²) < 4.78 is 4.34. The van der Waals surface area contributed by atoms with Crippen LogP contribution in [0.15, 0.2) is 0 Å². The van der Waals surface area contributed by atoms with Crippen LogP contribution in [0.25, 0.3) is 0 Å². The lowest BCUT2D eigenvalue weighted by molar-refractivity contribution is -0.130. The van der Waals surface area contributed by atoms with Crippen molar-refractivity contribution < 1.29 is 19.1 Å². The second-order valence-corrected chi connectivity index (χ2v) is 2.96. The van der Waals surface area contributed by atoms with Crippen LogP contribution < -0.4 is 0 Å². The molecule has 0 aromatic rings. The number of hydrogen-bond donors (Lipinski definition) is 0. The summed E-state index contributed by atoms with van der Waals surface area (Å²) in [5.74, 6) is -0.425. The second-order valence-electron chi connectivity index (χ2n) is 2.59. The Labute approximate surface area is 79.6 Å². The second kappa shape index (κ2) is 3.74. The first-order valence-corrected chi connectivity index (χ1v) is 4.05. The average molecular weight is 206 g/mol. The lowest BCUT2D eigenvalue weighted by Gasteiger charge is -2.17. The third kappa shape index (κ3) is 1.80. The van der Waals surface area contributed by atoms with E-state index in [1.165, 1.54) is 0 Å². The molecule has 13 heavy (non-hydrogen) atoms. The molecule has 0 aromatic carbocycles. The van der Waals surface area contributed by atoms with Gasteiger partial charge in [0.05, 0.1) is 7.11 Å². The number of rotatable bonds is 1. The molecule has 0 N–H and O–H groups in total. The minimum atomic E-state index is -0.860. The highest BCUT2D eigenvalue weighted by Crippen LogP contribution is 2.21. The molecule has 1 fully saturated rings. The Hall–Kier alpha value is -1.10. The fourth-order valence-electron chi connectivity index (χ4n) is 1.23. The van der Waals surface area contributed by atoms with Gasteiger partial charge in [-0.1, -0.05) is 0 Å². The zero-order chi connectivity index (χ0) is 10.0. The highest BCUT2D eigenvalue weighted by Gasteiger charge is 2.40. The molecule has 5 nitrogen and oxygen atoms in total. The number of methoxy groups -OCH3 is 1. The summed E-state index contributed by atoms with van der Waals surface area (Å²) in [5.41, 5.74) is 0.